The summed E-state index contributed by atoms with van der Waals surface area (Å²) in [5, 5.41) is 3.38. The fourth-order valence-corrected chi connectivity index (χ4v) is 2.90. The Kier molecular flexibility index (Phi) is 3.77. The lowest BCUT2D eigenvalue weighted by Gasteiger charge is -2.49. The van der Waals surface area contributed by atoms with Crippen LogP contribution in [0.15, 0.2) is 18.3 Å². The third kappa shape index (κ3) is 2.78. The normalized spacial score (nSPS) is 24.1. The summed E-state index contributed by atoms with van der Waals surface area (Å²) in [6.07, 6.45) is 1.30. The van der Waals surface area contributed by atoms with Gasteiger partial charge in [0.05, 0.1) is 11.9 Å². The molecule has 0 spiro atoms. The number of rotatable bonds is 3. The van der Waals surface area contributed by atoms with Crippen molar-refractivity contribution in [1.82, 2.24) is 20.1 Å². The average Bonchev–Trinajstić information content (AvgIpc) is 2.39. The van der Waals surface area contributed by atoms with Crippen LogP contribution in [0.25, 0.3) is 0 Å². The molecule has 0 radical (unpaired) electrons. The van der Waals surface area contributed by atoms with Crippen LogP contribution < -0.4 is 5.32 Å². The van der Waals surface area contributed by atoms with Crippen LogP contribution in [-0.4, -0.2) is 60.1 Å². The minimum Gasteiger partial charge on any atom is -0.314 e. The van der Waals surface area contributed by atoms with Crippen molar-refractivity contribution in [2.24, 2.45) is 0 Å². The maximum Gasteiger partial charge on any atom is 0.141 e. The number of nitrogens with one attached hydrogen (secondary N) is 1. The van der Waals surface area contributed by atoms with Crippen molar-refractivity contribution in [3.63, 3.8) is 0 Å². The lowest BCUT2D eigenvalue weighted by molar-refractivity contribution is 0.00245. The van der Waals surface area contributed by atoms with Crippen molar-refractivity contribution in [3.8, 4) is 0 Å². The molecule has 2 aliphatic rings. The van der Waals surface area contributed by atoms with E-state index in [-0.39, 0.29) is 11.9 Å². The van der Waals surface area contributed by atoms with Gasteiger partial charge in [-0.15, -0.1) is 0 Å². The van der Waals surface area contributed by atoms with Crippen LogP contribution in [0, 0.1) is 5.82 Å². The summed E-state index contributed by atoms with van der Waals surface area (Å²) in [5.74, 6) is -0.266. The summed E-state index contributed by atoms with van der Waals surface area (Å²) in [5.41, 5.74) is 0.958. The number of halogens is 1. The third-order valence-corrected chi connectivity index (χ3v) is 4.28. The van der Waals surface area contributed by atoms with E-state index in [2.05, 4.69) is 27.0 Å². The van der Waals surface area contributed by atoms with Gasteiger partial charge in [-0.2, -0.15) is 0 Å². The molecule has 5 heteroatoms. The van der Waals surface area contributed by atoms with E-state index >= 15 is 0 Å². The van der Waals surface area contributed by atoms with Gasteiger partial charge in [0.1, 0.15) is 5.82 Å². The molecule has 1 unspecified atom stereocenters. The molecule has 0 amide bonds. The minimum absolute atomic E-state index is 0.266. The monoisotopic (exact) mass is 264 g/mol. The van der Waals surface area contributed by atoms with E-state index in [9.17, 15) is 4.39 Å². The Balaban J connectivity index is 1.53. The maximum atomic E-state index is 12.9. The Morgan fingerprint density at radius 1 is 1.32 bits per heavy atom. The number of nitrogens with zero attached hydrogens (tertiary/aromatic N) is 3. The predicted molar refractivity (Wildman–Crippen MR) is 72.4 cm³/mol. The first-order chi connectivity index (χ1) is 9.24. The first-order valence-corrected chi connectivity index (χ1v) is 7.04. The molecule has 2 saturated heterocycles. The highest BCUT2D eigenvalue weighted by molar-refractivity contribution is 5.11. The Bertz CT molecular complexity index is 410. The molecule has 1 atom stereocenters. The lowest BCUT2D eigenvalue weighted by Crippen LogP contribution is -2.62. The molecule has 1 N–H and O–H groups in total. The number of piperazine rings is 1. The summed E-state index contributed by atoms with van der Waals surface area (Å²) in [7, 11) is 0. The van der Waals surface area contributed by atoms with Crippen LogP contribution in [0.1, 0.15) is 18.7 Å². The zero-order valence-electron chi connectivity index (χ0n) is 11.3. The fourth-order valence-electron chi connectivity index (χ4n) is 2.90. The van der Waals surface area contributed by atoms with Crippen molar-refractivity contribution >= 4 is 0 Å². The Labute approximate surface area is 113 Å². The zero-order chi connectivity index (χ0) is 13.2. The van der Waals surface area contributed by atoms with Crippen LogP contribution in [0.2, 0.25) is 0 Å². The minimum atomic E-state index is -0.266. The Morgan fingerprint density at radius 2 is 2.05 bits per heavy atom. The molecule has 3 rings (SSSR count). The van der Waals surface area contributed by atoms with Gasteiger partial charge >= 0.3 is 0 Å². The van der Waals surface area contributed by atoms with E-state index in [0.29, 0.717) is 6.04 Å². The van der Waals surface area contributed by atoms with Crippen molar-refractivity contribution in [2.45, 2.75) is 19.0 Å². The maximum absolute atomic E-state index is 12.9. The van der Waals surface area contributed by atoms with Gasteiger partial charge in [-0.1, -0.05) is 0 Å². The molecular formula is C14H21FN4. The average molecular weight is 264 g/mol. The second-order valence-corrected chi connectivity index (χ2v) is 5.47. The first kappa shape index (κ1) is 13.0. The number of aromatic nitrogens is 1. The standard InChI is InChI=1S/C14H21FN4/c1-11(14-3-2-12(15)8-17-14)19-9-13(10-19)18-6-4-16-5-7-18/h2-3,8,11,13,16H,4-7,9-10H2,1H3. The van der Waals surface area contributed by atoms with E-state index in [1.807, 2.05) is 0 Å². The van der Waals surface area contributed by atoms with Crippen LogP contribution >= 0.6 is 0 Å². The van der Waals surface area contributed by atoms with Gasteiger partial charge in [0, 0.05) is 51.4 Å². The van der Waals surface area contributed by atoms with Crippen molar-refractivity contribution in [2.75, 3.05) is 39.3 Å². The van der Waals surface area contributed by atoms with E-state index in [1.54, 1.807) is 6.07 Å². The van der Waals surface area contributed by atoms with Crippen LogP contribution in [0.3, 0.4) is 0 Å². The molecule has 0 bridgehead atoms. The summed E-state index contributed by atoms with van der Waals surface area (Å²) in [4.78, 5) is 9.16. The van der Waals surface area contributed by atoms with Crippen LogP contribution in [0.5, 0.6) is 0 Å². The molecular weight excluding hydrogens is 243 g/mol. The van der Waals surface area contributed by atoms with E-state index in [0.717, 1.165) is 45.0 Å². The number of likely N-dealkylation sites (tertiary alicyclic amines) is 1. The highest BCUT2D eigenvalue weighted by atomic mass is 19.1. The second-order valence-electron chi connectivity index (χ2n) is 5.47. The summed E-state index contributed by atoms with van der Waals surface area (Å²) in [6, 6.07) is 4.25. The Morgan fingerprint density at radius 3 is 2.68 bits per heavy atom. The smallest absolute Gasteiger partial charge is 0.141 e. The van der Waals surface area contributed by atoms with Crippen molar-refractivity contribution in [3.05, 3.63) is 29.8 Å². The second kappa shape index (κ2) is 5.53. The molecule has 2 fully saturated rings. The van der Waals surface area contributed by atoms with Crippen molar-refractivity contribution < 1.29 is 4.39 Å². The SMILES string of the molecule is CC(c1ccc(F)cn1)N1CC(N2CCNCC2)C1. The van der Waals surface area contributed by atoms with Crippen molar-refractivity contribution in [1.29, 1.82) is 0 Å². The quantitative estimate of drug-likeness (QED) is 0.878. The summed E-state index contributed by atoms with van der Waals surface area (Å²) < 4.78 is 12.9. The molecule has 3 heterocycles. The van der Waals surface area contributed by atoms with E-state index in [4.69, 9.17) is 0 Å². The predicted octanol–water partition coefficient (Wildman–Crippen LogP) is 0.871. The summed E-state index contributed by atoms with van der Waals surface area (Å²) in [6.45, 7) is 8.86. The van der Waals surface area contributed by atoms with Crippen LogP contribution in [0.4, 0.5) is 4.39 Å². The van der Waals surface area contributed by atoms with E-state index < -0.39 is 0 Å². The molecule has 0 aromatic carbocycles. The fraction of sp³-hybridized carbons (Fsp3) is 0.643. The number of hydrogen-bond acceptors (Lipinski definition) is 4. The highest BCUT2D eigenvalue weighted by Gasteiger charge is 2.35. The number of pyridine rings is 1. The molecule has 1 aromatic heterocycles. The third-order valence-electron chi connectivity index (χ3n) is 4.28. The Hall–Kier alpha value is -1.04. The van der Waals surface area contributed by atoms with E-state index in [1.165, 1.54) is 12.3 Å². The molecule has 2 aliphatic heterocycles. The topological polar surface area (TPSA) is 31.4 Å². The first-order valence-electron chi connectivity index (χ1n) is 7.04. The van der Waals surface area contributed by atoms with Gasteiger partial charge in [0.25, 0.3) is 0 Å². The van der Waals surface area contributed by atoms with Gasteiger partial charge in [0.2, 0.25) is 0 Å². The highest BCUT2D eigenvalue weighted by Crippen LogP contribution is 2.26. The van der Waals surface area contributed by atoms with Crippen LogP contribution in [-0.2, 0) is 0 Å². The number of hydrogen-bond donors (Lipinski definition) is 1. The molecule has 0 aliphatic carbocycles. The molecule has 104 valence electrons. The van der Waals surface area contributed by atoms with Gasteiger partial charge < -0.3 is 5.32 Å². The van der Waals surface area contributed by atoms with Gasteiger partial charge in [-0.05, 0) is 19.1 Å². The largest absolute Gasteiger partial charge is 0.314 e. The van der Waals surface area contributed by atoms with Gasteiger partial charge in [0.15, 0.2) is 0 Å². The summed E-state index contributed by atoms with van der Waals surface area (Å²) >= 11 is 0. The molecule has 0 saturated carbocycles. The molecule has 1 aromatic rings. The molecule has 4 nitrogen and oxygen atoms in total. The zero-order valence-corrected chi connectivity index (χ0v) is 11.3. The van der Waals surface area contributed by atoms with Gasteiger partial charge in [-0.25, -0.2) is 4.39 Å². The molecule has 19 heavy (non-hydrogen) atoms. The van der Waals surface area contributed by atoms with Gasteiger partial charge in [-0.3, -0.25) is 14.8 Å². The lowest BCUT2D eigenvalue weighted by atomic mass is 10.0.